The van der Waals surface area contributed by atoms with Crippen LogP contribution < -0.4 is 11.1 Å². The van der Waals surface area contributed by atoms with Crippen molar-refractivity contribution in [2.45, 2.75) is 31.8 Å². The minimum Gasteiger partial charge on any atom is -0.467 e. The first-order valence-corrected chi connectivity index (χ1v) is 9.62. The number of carbonyl (C=O) groups is 3. The van der Waals surface area contributed by atoms with Gasteiger partial charge in [0.2, 0.25) is 0 Å². The molecule has 1 saturated heterocycles. The Morgan fingerprint density at radius 3 is 2.50 bits per heavy atom. The largest absolute Gasteiger partial charge is 0.467 e. The quantitative estimate of drug-likeness (QED) is 0.708. The number of benzene rings is 2. The molecule has 3 N–H and O–H groups in total. The van der Waals surface area contributed by atoms with E-state index in [1.54, 1.807) is 53.4 Å². The number of nitrogens with zero attached hydrogens (tertiary/aromatic N) is 1. The summed E-state index contributed by atoms with van der Waals surface area (Å²) < 4.78 is 4.85. The summed E-state index contributed by atoms with van der Waals surface area (Å²) in [6, 6.07) is 13.2. The minimum absolute atomic E-state index is 0. The van der Waals surface area contributed by atoms with Gasteiger partial charge in [0.15, 0.2) is 0 Å². The van der Waals surface area contributed by atoms with Crippen LogP contribution in [-0.2, 0) is 16.1 Å². The summed E-state index contributed by atoms with van der Waals surface area (Å²) in [6.07, 6.45) is 2.31. The number of likely N-dealkylation sites (tertiary alicyclic amines) is 1. The van der Waals surface area contributed by atoms with Crippen molar-refractivity contribution in [1.29, 1.82) is 0 Å². The standard InChI is InChI=1S/C22H25N3O4.ClH/c1-29-22(28)19-7-2-3-12-25(19)21(27)17-5-4-6-18(13-17)24-20(26)16-10-8-15(14-23)9-11-16;/h4-6,8-11,13,19H,2-3,7,12,14,23H2,1H3,(H,24,26);1H. The molecule has 8 heteroatoms. The van der Waals surface area contributed by atoms with Gasteiger partial charge in [-0.25, -0.2) is 4.79 Å². The normalized spacial score (nSPS) is 15.7. The molecule has 3 rings (SSSR count). The number of nitrogens with one attached hydrogen (secondary N) is 1. The number of anilines is 1. The van der Waals surface area contributed by atoms with Gasteiger partial charge >= 0.3 is 5.97 Å². The first-order chi connectivity index (χ1) is 14.0. The fourth-order valence-electron chi connectivity index (χ4n) is 3.45. The summed E-state index contributed by atoms with van der Waals surface area (Å²) in [4.78, 5) is 39.1. The summed E-state index contributed by atoms with van der Waals surface area (Å²) in [6.45, 7) is 0.914. The Morgan fingerprint density at radius 2 is 1.83 bits per heavy atom. The maximum absolute atomic E-state index is 13.0. The van der Waals surface area contributed by atoms with E-state index in [4.69, 9.17) is 10.5 Å². The lowest BCUT2D eigenvalue weighted by molar-refractivity contribution is -0.147. The van der Waals surface area contributed by atoms with Gasteiger partial charge in [-0.05, 0) is 55.2 Å². The smallest absolute Gasteiger partial charge is 0.328 e. The molecule has 1 atom stereocenters. The highest BCUT2D eigenvalue weighted by Gasteiger charge is 2.33. The molecule has 1 heterocycles. The number of ether oxygens (including phenoxy) is 1. The molecule has 1 unspecified atom stereocenters. The topological polar surface area (TPSA) is 102 Å². The number of esters is 1. The summed E-state index contributed by atoms with van der Waals surface area (Å²) >= 11 is 0. The lowest BCUT2D eigenvalue weighted by atomic mass is 10.0. The molecule has 2 amide bonds. The van der Waals surface area contributed by atoms with E-state index in [0.29, 0.717) is 36.3 Å². The van der Waals surface area contributed by atoms with E-state index in [2.05, 4.69) is 5.32 Å². The third kappa shape index (κ3) is 5.37. The van der Waals surface area contributed by atoms with E-state index in [1.807, 2.05) is 0 Å². The molecule has 1 fully saturated rings. The monoisotopic (exact) mass is 431 g/mol. The lowest BCUT2D eigenvalue weighted by Crippen LogP contribution is -2.48. The zero-order valence-corrected chi connectivity index (χ0v) is 17.6. The van der Waals surface area contributed by atoms with Crippen LogP contribution in [0.15, 0.2) is 48.5 Å². The zero-order chi connectivity index (χ0) is 20.8. The van der Waals surface area contributed by atoms with Crippen LogP contribution in [0.2, 0.25) is 0 Å². The average Bonchev–Trinajstić information content (AvgIpc) is 2.78. The zero-order valence-electron chi connectivity index (χ0n) is 16.8. The second kappa shape index (κ2) is 10.8. The van der Waals surface area contributed by atoms with Crippen LogP contribution in [0.5, 0.6) is 0 Å². The highest BCUT2D eigenvalue weighted by atomic mass is 35.5. The Hall–Kier alpha value is -2.90. The number of hydrogen-bond acceptors (Lipinski definition) is 5. The van der Waals surface area contributed by atoms with E-state index in [9.17, 15) is 14.4 Å². The fraction of sp³-hybridized carbons (Fsp3) is 0.318. The number of carbonyl (C=O) groups excluding carboxylic acids is 3. The van der Waals surface area contributed by atoms with Crippen molar-refractivity contribution >= 4 is 35.9 Å². The third-order valence-corrected chi connectivity index (χ3v) is 5.06. The van der Waals surface area contributed by atoms with Gasteiger partial charge in [0.1, 0.15) is 6.04 Å². The molecular formula is C22H26ClN3O4. The summed E-state index contributed by atoms with van der Waals surface area (Å²) in [5.74, 6) is -0.921. The predicted octanol–water partition coefficient (Wildman–Crippen LogP) is 2.99. The van der Waals surface area contributed by atoms with Gasteiger partial charge in [0, 0.05) is 29.9 Å². The third-order valence-electron chi connectivity index (χ3n) is 5.06. The van der Waals surface area contributed by atoms with Gasteiger partial charge in [0.05, 0.1) is 7.11 Å². The Balaban J connectivity index is 0.00000320. The molecule has 2 aromatic rings. The molecule has 160 valence electrons. The molecule has 1 aliphatic rings. The molecule has 7 nitrogen and oxygen atoms in total. The van der Waals surface area contributed by atoms with Crippen LogP contribution in [-0.4, -0.2) is 42.4 Å². The fourth-order valence-corrected chi connectivity index (χ4v) is 3.45. The molecule has 30 heavy (non-hydrogen) atoms. The first kappa shape index (κ1) is 23.4. The van der Waals surface area contributed by atoms with Gasteiger partial charge in [-0.1, -0.05) is 18.2 Å². The van der Waals surface area contributed by atoms with Crippen LogP contribution in [0.25, 0.3) is 0 Å². The summed E-state index contributed by atoms with van der Waals surface area (Å²) in [7, 11) is 1.33. The van der Waals surface area contributed by atoms with Crippen molar-refractivity contribution < 1.29 is 19.1 Å². The second-order valence-electron chi connectivity index (χ2n) is 6.97. The van der Waals surface area contributed by atoms with Crippen molar-refractivity contribution in [3.8, 4) is 0 Å². The van der Waals surface area contributed by atoms with Crippen molar-refractivity contribution in [3.05, 3.63) is 65.2 Å². The Labute approximate surface area is 182 Å². The molecule has 0 bridgehead atoms. The lowest BCUT2D eigenvalue weighted by Gasteiger charge is -2.33. The van der Waals surface area contributed by atoms with Gasteiger partial charge in [-0.3, -0.25) is 9.59 Å². The average molecular weight is 432 g/mol. The molecule has 0 spiro atoms. The van der Waals surface area contributed by atoms with Crippen LogP contribution >= 0.6 is 12.4 Å². The molecule has 0 aromatic heterocycles. The number of amides is 2. The Morgan fingerprint density at radius 1 is 1.10 bits per heavy atom. The van der Waals surface area contributed by atoms with E-state index < -0.39 is 12.0 Å². The first-order valence-electron chi connectivity index (χ1n) is 9.62. The number of piperidine rings is 1. The van der Waals surface area contributed by atoms with Crippen LogP contribution in [0.1, 0.15) is 45.5 Å². The Bertz CT molecular complexity index is 902. The van der Waals surface area contributed by atoms with Crippen LogP contribution in [0, 0.1) is 0 Å². The Kier molecular flexibility index (Phi) is 8.38. The van der Waals surface area contributed by atoms with Gasteiger partial charge < -0.3 is 20.7 Å². The highest BCUT2D eigenvalue weighted by molar-refractivity contribution is 6.05. The number of halogens is 1. The summed E-state index contributed by atoms with van der Waals surface area (Å²) in [5, 5.41) is 2.81. The molecule has 0 saturated carbocycles. The van der Waals surface area contributed by atoms with Crippen LogP contribution in [0.3, 0.4) is 0 Å². The minimum atomic E-state index is -0.569. The van der Waals surface area contributed by atoms with E-state index in [0.717, 1.165) is 18.4 Å². The van der Waals surface area contributed by atoms with Crippen LogP contribution in [0.4, 0.5) is 5.69 Å². The van der Waals surface area contributed by atoms with Crippen molar-refractivity contribution in [2.75, 3.05) is 19.0 Å². The van der Waals surface area contributed by atoms with Gasteiger partial charge in [-0.15, -0.1) is 12.4 Å². The van der Waals surface area contributed by atoms with Crippen molar-refractivity contribution in [3.63, 3.8) is 0 Å². The van der Waals surface area contributed by atoms with E-state index in [1.165, 1.54) is 7.11 Å². The maximum Gasteiger partial charge on any atom is 0.328 e. The number of methoxy groups -OCH3 is 1. The van der Waals surface area contributed by atoms with Crippen molar-refractivity contribution in [2.24, 2.45) is 5.73 Å². The van der Waals surface area contributed by atoms with Gasteiger partial charge in [-0.2, -0.15) is 0 Å². The molecule has 1 aliphatic heterocycles. The molecule has 0 radical (unpaired) electrons. The second-order valence-corrected chi connectivity index (χ2v) is 6.97. The van der Waals surface area contributed by atoms with Gasteiger partial charge in [0.25, 0.3) is 11.8 Å². The maximum atomic E-state index is 13.0. The molecule has 2 aromatic carbocycles. The summed E-state index contributed by atoms with van der Waals surface area (Å²) in [5.41, 5.74) is 7.94. The highest BCUT2D eigenvalue weighted by Crippen LogP contribution is 2.22. The SMILES string of the molecule is COC(=O)C1CCCCN1C(=O)c1cccc(NC(=O)c2ccc(CN)cc2)c1.Cl. The number of nitrogens with two attached hydrogens (primary N) is 1. The number of hydrogen-bond donors (Lipinski definition) is 2. The molecule has 0 aliphatic carbocycles. The molecular weight excluding hydrogens is 406 g/mol. The van der Waals surface area contributed by atoms with Crippen molar-refractivity contribution in [1.82, 2.24) is 4.90 Å². The number of rotatable bonds is 5. The van der Waals surface area contributed by atoms with E-state index in [-0.39, 0.29) is 24.2 Å². The predicted molar refractivity (Wildman–Crippen MR) is 117 cm³/mol. The van der Waals surface area contributed by atoms with E-state index >= 15 is 0 Å².